The van der Waals surface area contributed by atoms with Crippen LogP contribution in [0.2, 0.25) is 0 Å². The number of morpholine rings is 1. The van der Waals surface area contributed by atoms with Gasteiger partial charge in [-0.1, -0.05) is 24.3 Å². The van der Waals surface area contributed by atoms with Gasteiger partial charge in [-0.2, -0.15) is 8.42 Å². The lowest BCUT2D eigenvalue weighted by molar-refractivity contribution is -0.385. The van der Waals surface area contributed by atoms with Crippen molar-refractivity contribution in [2.24, 2.45) is 0 Å². The molecule has 1 N–H and O–H groups in total. The summed E-state index contributed by atoms with van der Waals surface area (Å²) in [6.07, 6.45) is 1.40. The average Bonchev–Trinajstić information content (AvgIpc) is 3.29. The highest BCUT2D eigenvalue weighted by atomic mass is 32.2. The highest BCUT2D eigenvalue weighted by molar-refractivity contribution is 8.18. The third kappa shape index (κ3) is 7.14. The lowest BCUT2D eigenvalue weighted by Gasteiger charge is -2.30. The molecule has 0 aliphatic carbocycles. The van der Waals surface area contributed by atoms with Crippen molar-refractivity contribution in [1.29, 1.82) is 0 Å². The number of thioether (sulfide) groups is 1. The number of para-hydroxylation sites is 2. The first kappa shape index (κ1) is 32.5. The number of nitro groups is 1. The standard InChI is InChI=1S/C30H28N4O10S2/c1-19-7-9-21(17-24(19)34(38)39)46(40,41)44-25-10-8-20(15-26(25)42-2)16-27-29(36)33(30(37)45-27)18-28(35)31-22-5-3-4-6-23(22)32-11-13-43-14-12-32/h3-10,15-17H,11-14,18H2,1-2H3,(H,31,35)/b27-16-. The van der Waals surface area contributed by atoms with E-state index in [4.69, 9.17) is 13.7 Å². The summed E-state index contributed by atoms with van der Waals surface area (Å²) in [5, 5.41) is 13.4. The third-order valence-electron chi connectivity index (χ3n) is 7.06. The SMILES string of the molecule is COc1cc(/C=C2\SC(=O)N(CC(=O)Nc3ccccc3N3CCOCC3)C2=O)ccc1OS(=O)(=O)c1ccc(C)c([N+](=O)[O-])c1. The van der Waals surface area contributed by atoms with E-state index >= 15 is 0 Å². The fraction of sp³-hybridized carbons (Fsp3) is 0.233. The number of nitrogens with one attached hydrogen (secondary N) is 1. The number of methoxy groups -OCH3 is 1. The van der Waals surface area contributed by atoms with Gasteiger partial charge in [0.2, 0.25) is 5.91 Å². The Morgan fingerprint density at radius 3 is 2.54 bits per heavy atom. The summed E-state index contributed by atoms with van der Waals surface area (Å²) in [6, 6.07) is 14.8. The molecule has 3 aromatic carbocycles. The molecule has 0 spiro atoms. The molecule has 0 unspecified atom stereocenters. The molecule has 2 fully saturated rings. The third-order valence-corrected chi connectivity index (χ3v) is 9.19. The number of hydrogen-bond acceptors (Lipinski definition) is 12. The lowest BCUT2D eigenvalue weighted by atomic mass is 10.2. The monoisotopic (exact) mass is 668 g/mol. The van der Waals surface area contributed by atoms with E-state index in [-0.39, 0.29) is 27.7 Å². The van der Waals surface area contributed by atoms with Crippen LogP contribution in [0.25, 0.3) is 6.08 Å². The van der Waals surface area contributed by atoms with Crippen LogP contribution in [0.1, 0.15) is 11.1 Å². The molecule has 0 bridgehead atoms. The molecule has 3 amide bonds. The van der Waals surface area contributed by atoms with E-state index in [0.717, 1.165) is 16.7 Å². The van der Waals surface area contributed by atoms with Crippen LogP contribution in [0, 0.1) is 17.0 Å². The average molecular weight is 669 g/mol. The second-order valence-electron chi connectivity index (χ2n) is 10.1. The minimum atomic E-state index is -4.48. The Kier molecular flexibility index (Phi) is 9.60. The summed E-state index contributed by atoms with van der Waals surface area (Å²) in [5.41, 5.74) is 1.64. The number of anilines is 2. The van der Waals surface area contributed by atoms with Crippen LogP contribution >= 0.6 is 11.8 Å². The van der Waals surface area contributed by atoms with E-state index in [9.17, 15) is 32.9 Å². The molecule has 14 nitrogen and oxygen atoms in total. The number of hydrogen-bond donors (Lipinski definition) is 1. The van der Waals surface area contributed by atoms with Crippen molar-refractivity contribution < 1.29 is 41.4 Å². The highest BCUT2D eigenvalue weighted by Crippen LogP contribution is 2.36. The maximum absolute atomic E-state index is 13.1. The van der Waals surface area contributed by atoms with Crippen molar-refractivity contribution in [2.75, 3.05) is 50.2 Å². The Labute approximate surface area is 268 Å². The number of carbonyl (C=O) groups excluding carboxylic acids is 3. The van der Waals surface area contributed by atoms with Gasteiger partial charge < -0.3 is 23.9 Å². The number of nitro benzene ring substituents is 1. The molecule has 2 heterocycles. The van der Waals surface area contributed by atoms with Crippen LogP contribution in [0.4, 0.5) is 21.9 Å². The number of nitrogens with zero attached hydrogens (tertiary/aromatic N) is 3. The Morgan fingerprint density at radius 1 is 1.09 bits per heavy atom. The van der Waals surface area contributed by atoms with Gasteiger partial charge in [-0.15, -0.1) is 0 Å². The smallest absolute Gasteiger partial charge is 0.339 e. The molecule has 2 aliphatic rings. The van der Waals surface area contributed by atoms with Crippen molar-refractivity contribution in [2.45, 2.75) is 11.8 Å². The summed E-state index contributed by atoms with van der Waals surface area (Å²) < 4.78 is 41.7. The molecule has 0 aromatic heterocycles. The topological polar surface area (TPSA) is 175 Å². The summed E-state index contributed by atoms with van der Waals surface area (Å²) in [5.74, 6) is -1.44. The zero-order chi connectivity index (χ0) is 33.0. The number of rotatable bonds is 10. The van der Waals surface area contributed by atoms with Gasteiger partial charge in [0.15, 0.2) is 11.5 Å². The molecule has 0 atom stereocenters. The maximum atomic E-state index is 13.1. The molecule has 3 aromatic rings. The van der Waals surface area contributed by atoms with Gasteiger partial charge in [-0.25, -0.2) is 0 Å². The minimum absolute atomic E-state index is 0.0172. The second-order valence-corrected chi connectivity index (χ2v) is 12.6. The molecule has 16 heteroatoms. The molecule has 2 aliphatic heterocycles. The number of aryl methyl sites for hydroxylation is 1. The maximum Gasteiger partial charge on any atom is 0.339 e. The number of imide groups is 1. The van der Waals surface area contributed by atoms with Gasteiger partial charge in [-0.05, 0) is 60.7 Å². The van der Waals surface area contributed by atoms with Gasteiger partial charge in [-0.3, -0.25) is 29.4 Å². The first-order valence-corrected chi connectivity index (χ1v) is 16.0. The van der Waals surface area contributed by atoms with Gasteiger partial charge in [0, 0.05) is 24.7 Å². The van der Waals surface area contributed by atoms with Crippen molar-refractivity contribution >= 4 is 62.1 Å². The highest BCUT2D eigenvalue weighted by Gasteiger charge is 2.36. The van der Waals surface area contributed by atoms with Crippen molar-refractivity contribution in [1.82, 2.24) is 4.90 Å². The second kappa shape index (κ2) is 13.6. The lowest BCUT2D eigenvalue weighted by Crippen LogP contribution is -2.38. The fourth-order valence-corrected chi connectivity index (χ4v) is 6.53. The predicted molar refractivity (Wildman–Crippen MR) is 169 cm³/mol. The van der Waals surface area contributed by atoms with Crippen LogP contribution in [0.15, 0.2) is 70.5 Å². The summed E-state index contributed by atoms with van der Waals surface area (Å²) >= 11 is 0.654. The van der Waals surface area contributed by atoms with Crippen LogP contribution in [0.3, 0.4) is 0 Å². The quantitative estimate of drug-likeness (QED) is 0.141. The molecular weight excluding hydrogens is 640 g/mol. The largest absolute Gasteiger partial charge is 0.493 e. The number of benzene rings is 3. The van der Waals surface area contributed by atoms with Crippen molar-refractivity contribution in [3.8, 4) is 11.5 Å². The number of amides is 3. The van der Waals surface area contributed by atoms with Crippen LogP contribution in [0.5, 0.6) is 11.5 Å². The van der Waals surface area contributed by atoms with Gasteiger partial charge >= 0.3 is 10.1 Å². The van der Waals surface area contributed by atoms with E-state index in [1.165, 1.54) is 50.4 Å². The molecule has 2 saturated heterocycles. The molecule has 0 saturated carbocycles. The van der Waals surface area contributed by atoms with E-state index in [0.29, 0.717) is 49.3 Å². The van der Waals surface area contributed by atoms with E-state index < -0.39 is 43.5 Å². The predicted octanol–water partition coefficient (Wildman–Crippen LogP) is 4.19. The Balaban J connectivity index is 1.28. The summed E-state index contributed by atoms with van der Waals surface area (Å²) in [6.45, 7) is 3.43. The first-order valence-electron chi connectivity index (χ1n) is 13.8. The fourth-order valence-electron chi connectivity index (χ4n) is 4.73. The van der Waals surface area contributed by atoms with Crippen LogP contribution < -0.4 is 19.1 Å². The molecular formula is C30H28N4O10S2. The van der Waals surface area contributed by atoms with Gasteiger partial charge in [0.25, 0.3) is 16.8 Å². The number of ether oxygens (including phenoxy) is 2. The minimum Gasteiger partial charge on any atom is -0.493 e. The Hall–Kier alpha value is -4.93. The van der Waals surface area contributed by atoms with Crippen LogP contribution in [-0.2, 0) is 24.4 Å². The number of carbonyl (C=O) groups is 3. The summed E-state index contributed by atoms with van der Waals surface area (Å²) in [7, 11) is -3.20. The normalized spacial score (nSPS) is 16.1. The Morgan fingerprint density at radius 2 is 1.83 bits per heavy atom. The van der Waals surface area contributed by atoms with Crippen molar-refractivity contribution in [3.05, 3.63) is 86.8 Å². The molecule has 46 heavy (non-hydrogen) atoms. The van der Waals surface area contributed by atoms with E-state index in [1.807, 2.05) is 12.1 Å². The van der Waals surface area contributed by atoms with Crippen molar-refractivity contribution in [3.63, 3.8) is 0 Å². The molecule has 240 valence electrons. The zero-order valence-corrected chi connectivity index (χ0v) is 26.3. The van der Waals surface area contributed by atoms with E-state index in [2.05, 4.69) is 10.2 Å². The summed E-state index contributed by atoms with van der Waals surface area (Å²) in [4.78, 5) is 51.9. The molecule has 5 rings (SSSR count). The first-order chi connectivity index (χ1) is 22.0. The van der Waals surface area contributed by atoms with E-state index in [1.54, 1.807) is 12.1 Å². The molecule has 0 radical (unpaired) electrons. The zero-order valence-electron chi connectivity index (χ0n) is 24.6. The van der Waals surface area contributed by atoms with Crippen LogP contribution in [-0.4, -0.2) is 75.3 Å². The van der Waals surface area contributed by atoms with Gasteiger partial charge in [0.05, 0.1) is 41.5 Å². The Bertz CT molecular complexity index is 1860. The van der Waals surface area contributed by atoms with Gasteiger partial charge in [0.1, 0.15) is 11.4 Å².